The van der Waals surface area contributed by atoms with E-state index in [-0.39, 0.29) is 10.8 Å². The van der Waals surface area contributed by atoms with E-state index in [1.54, 1.807) is 0 Å². The van der Waals surface area contributed by atoms with E-state index >= 15 is 0 Å². The van der Waals surface area contributed by atoms with Crippen LogP contribution in [0.25, 0.3) is 11.1 Å². The highest BCUT2D eigenvalue weighted by molar-refractivity contribution is 7.97. The second kappa shape index (κ2) is 7.59. The Hall–Kier alpha value is -2.55. The molecular formula is C18H12F6O2S. The summed E-state index contributed by atoms with van der Waals surface area (Å²) in [4.78, 5) is 0. The topological polar surface area (TPSA) is 34.1 Å². The average molecular weight is 406 g/mol. The Bertz CT molecular complexity index is 867. The zero-order valence-electron chi connectivity index (χ0n) is 13.4. The van der Waals surface area contributed by atoms with Gasteiger partial charge in [0.05, 0.1) is 11.1 Å². The summed E-state index contributed by atoms with van der Waals surface area (Å²) in [5.41, 5.74) is -4.08. The van der Waals surface area contributed by atoms with Gasteiger partial charge in [-0.1, -0.05) is 60.7 Å². The fraction of sp³-hybridized carbons (Fsp3) is 0.111. The van der Waals surface area contributed by atoms with Gasteiger partial charge in [0, 0.05) is 10.8 Å². The summed E-state index contributed by atoms with van der Waals surface area (Å²) in [6.07, 6.45) is -10.2. The third-order valence-corrected chi connectivity index (χ3v) is 4.47. The van der Waals surface area contributed by atoms with Crippen molar-refractivity contribution in [1.82, 2.24) is 0 Å². The molecule has 2 aromatic rings. The van der Waals surface area contributed by atoms with E-state index in [9.17, 15) is 34.8 Å². The first kappa shape index (κ1) is 20.8. The van der Waals surface area contributed by atoms with Gasteiger partial charge < -0.3 is 0 Å². The Morgan fingerprint density at radius 1 is 0.630 bits per heavy atom. The van der Waals surface area contributed by atoms with Crippen LogP contribution >= 0.6 is 0 Å². The summed E-state index contributed by atoms with van der Waals surface area (Å²) >= 11 is 0. The standard InChI is InChI=1S/C18H12F6O2S/c19-17(20,21)15(13-7-3-1-4-8-13)11-27(25,26)12-16(18(22,23)24)14-9-5-2-6-10-14/h1-12H. The number of hydrogen-bond donors (Lipinski definition) is 0. The summed E-state index contributed by atoms with van der Waals surface area (Å²) in [5.74, 6) is 0. The Labute approximate surface area is 151 Å². The molecule has 0 aromatic heterocycles. The van der Waals surface area contributed by atoms with Gasteiger partial charge in [-0.15, -0.1) is 0 Å². The first-order valence-corrected chi connectivity index (χ1v) is 8.95. The second-order valence-electron chi connectivity index (χ2n) is 5.38. The van der Waals surface area contributed by atoms with Crippen LogP contribution in [0.5, 0.6) is 0 Å². The predicted molar refractivity (Wildman–Crippen MR) is 89.9 cm³/mol. The van der Waals surface area contributed by atoms with Crippen LogP contribution < -0.4 is 0 Å². The van der Waals surface area contributed by atoms with E-state index in [2.05, 4.69) is 0 Å². The van der Waals surface area contributed by atoms with Crippen molar-refractivity contribution in [2.24, 2.45) is 0 Å². The van der Waals surface area contributed by atoms with E-state index in [4.69, 9.17) is 0 Å². The molecule has 0 N–H and O–H groups in total. The highest BCUT2D eigenvalue weighted by Gasteiger charge is 2.38. The maximum absolute atomic E-state index is 13.3. The van der Waals surface area contributed by atoms with Gasteiger partial charge in [-0.3, -0.25) is 0 Å². The molecule has 0 spiro atoms. The number of benzene rings is 2. The van der Waals surface area contributed by atoms with Crippen LogP contribution in [0.4, 0.5) is 26.3 Å². The Kier molecular flexibility index (Phi) is 5.84. The lowest BCUT2D eigenvalue weighted by Gasteiger charge is -2.13. The lowest BCUT2D eigenvalue weighted by Crippen LogP contribution is -2.14. The molecule has 0 fully saturated rings. The molecule has 0 radical (unpaired) electrons. The Morgan fingerprint density at radius 3 is 1.19 bits per heavy atom. The first-order chi connectivity index (χ1) is 12.4. The number of sulfone groups is 1. The highest BCUT2D eigenvalue weighted by Crippen LogP contribution is 2.37. The van der Waals surface area contributed by atoms with Gasteiger partial charge in [0.2, 0.25) is 0 Å². The number of allylic oxidation sites excluding steroid dienone is 2. The minimum absolute atomic E-state index is 0.197. The molecule has 0 amide bonds. The van der Waals surface area contributed by atoms with E-state index in [0.717, 1.165) is 24.3 Å². The fourth-order valence-electron chi connectivity index (χ4n) is 2.20. The van der Waals surface area contributed by atoms with E-state index < -0.39 is 44.5 Å². The number of rotatable bonds is 4. The van der Waals surface area contributed by atoms with Gasteiger partial charge in [0.15, 0.2) is 9.84 Å². The first-order valence-electron chi connectivity index (χ1n) is 7.34. The van der Waals surface area contributed by atoms with Crippen molar-refractivity contribution in [3.63, 3.8) is 0 Å². The third-order valence-electron chi connectivity index (χ3n) is 3.34. The van der Waals surface area contributed by atoms with Gasteiger partial charge in [-0.2, -0.15) is 26.3 Å². The van der Waals surface area contributed by atoms with Crippen LogP contribution in [0, 0.1) is 0 Å². The Balaban J connectivity index is 2.63. The van der Waals surface area contributed by atoms with Gasteiger partial charge in [-0.25, -0.2) is 8.42 Å². The summed E-state index contributed by atoms with van der Waals surface area (Å²) < 4.78 is 104. The summed E-state index contributed by atoms with van der Waals surface area (Å²) in [7, 11) is -5.01. The third kappa shape index (κ3) is 5.72. The largest absolute Gasteiger partial charge is 0.417 e. The van der Waals surface area contributed by atoms with E-state index in [1.807, 2.05) is 0 Å². The van der Waals surface area contributed by atoms with Crippen molar-refractivity contribution in [1.29, 1.82) is 0 Å². The molecule has 0 heterocycles. The Morgan fingerprint density at radius 2 is 0.926 bits per heavy atom. The molecule has 0 aliphatic rings. The number of alkyl halides is 6. The average Bonchev–Trinajstić information content (AvgIpc) is 2.57. The van der Waals surface area contributed by atoms with Crippen molar-refractivity contribution >= 4 is 21.0 Å². The van der Waals surface area contributed by atoms with E-state index in [1.165, 1.54) is 36.4 Å². The molecular weight excluding hydrogens is 394 g/mol. The molecule has 2 rings (SSSR count). The molecule has 0 unspecified atom stereocenters. The molecule has 0 saturated heterocycles. The number of halogens is 6. The molecule has 0 saturated carbocycles. The van der Waals surface area contributed by atoms with Gasteiger partial charge >= 0.3 is 12.4 Å². The predicted octanol–water partition coefficient (Wildman–Crippen LogP) is 5.61. The minimum Gasteiger partial charge on any atom is -0.220 e. The quantitative estimate of drug-likeness (QED) is 0.619. The van der Waals surface area contributed by atoms with Crippen LogP contribution in [-0.2, 0) is 9.84 Å². The maximum atomic E-state index is 13.3. The molecule has 0 aliphatic carbocycles. The van der Waals surface area contributed by atoms with Crippen molar-refractivity contribution in [3.05, 3.63) is 82.6 Å². The summed E-state index contributed by atoms with van der Waals surface area (Å²) in [6.45, 7) is 0. The molecule has 9 heteroatoms. The van der Waals surface area contributed by atoms with Crippen LogP contribution in [-0.4, -0.2) is 20.8 Å². The lowest BCUT2D eigenvalue weighted by molar-refractivity contribution is -0.0695. The highest BCUT2D eigenvalue weighted by atomic mass is 32.2. The van der Waals surface area contributed by atoms with Gasteiger partial charge in [0.25, 0.3) is 0 Å². The molecule has 27 heavy (non-hydrogen) atoms. The molecule has 2 nitrogen and oxygen atoms in total. The van der Waals surface area contributed by atoms with Crippen molar-refractivity contribution in [2.45, 2.75) is 12.4 Å². The monoisotopic (exact) mass is 406 g/mol. The van der Waals surface area contributed by atoms with Gasteiger partial charge in [-0.05, 0) is 11.1 Å². The summed E-state index contributed by atoms with van der Waals surface area (Å²) in [6, 6.07) is 11.9. The smallest absolute Gasteiger partial charge is 0.220 e. The number of hydrogen-bond acceptors (Lipinski definition) is 2. The van der Waals surface area contributed by atoms with Crippen LogP contribution in [0.3, 0.4) is 0 Å². The molecule has 0 bridgehead atoms. The van der Waals surface area contributed by atoms with Crippen LogP contribution in [0.15, 0.2) is 71.5 Å². The second-order valence-corrected chi connectivity index (χ2v) is 7.03. The maximum Gasteiger partial charge on any atom is 0.417 e. The van der Waals surface area contributed by atoms with Gasteiger partial charge in [0.1, 0.15) is 0 Å². The zero-order valence-corrected chi connectivity index (χ0v) is 14.2. The van der Waals surface area contributed by atoms with Crippen LogP contribution in [0.1, 0.15) is 11.1 Å². The molecule has 144 valence electrons. The minimum atomic E-state index is -5.08. The van der Waals surface area contributed by atoms with Crippen LogP contribution in [0.2, 0.25) is 0 Å². The molecule has 2 aromatic carbocycles. The fourth-order valence-corrected chi connectivity index (χ4v) is 3.46. The van der Waals surface area contributed by atoms with Crippen molar-refractivity contribution < 1.29 is 34.8 Å². The van der Waals surface area contributed by atoms with Crippen molar-refractivity contribution in [3.8, 4) is 0 Å². The summed E-state index contributed by atoms with van der Waals surface area (Å²) in [5, 5.41) is -0.395. The SMILES string of the molecule is O=S(=O)(C=C(c1ccccc1)C(F)(F)F)C=C(c1ccccc1)C(F)(F)F. The van der Waals surface area contributed by atoms with E-state index in [0.29, 0.717) is 0 Å². The normalized spacial score (nSPS) is 14.3. The molecule has 0 aliphatic heterocycles. The lowest BCUT2D eigenvalue weighted by atomic mass is 10.1. The van der Waals surface area contributed by atoms with Crippen molar-refractivity contribution in [2.75, 3.05) is 0 Å². The molecule has 0 atom stereocenters. The zero-order chi connectivity index (χ0) is 20.3.